The lowest BCUT2D eigenvalue weighted by Gasteiger charge is -2.31. The van der Waals surface area contributed by atoms with Gasteiger partial charge >= 0.3 is 0 Å². The van der Waals surface area contributed by atoms with Crippen LogP contribution in [0.25, 0.3) is 0 Å². The van der Waals surface area contributed by atoms with Gasteiger partial charge in [-0.3, -0.25) is 0 Å². The third-order valence-corrected chi connectivity index (χ3v) is 8.79. The standard InChI is InChI=1S/C31H52O/c1-3-5-6-7-11-29-12-8-9-13-30(29)14-10-25-32-31-23-21-28(22-24-31)20-19-27-17-15-26(4-2)16-18-27/h21-24,26-27,29-30H,3-20,25H2,1-2H3. The Morgan fingerprint density at radius 1 is 0.688 bits per heavy atom. The largest absolute Gasteiger partial charge is 0.494 e. The molecule has 0 spiro atoms. The number of unbranched alkanes of at least 4 members (excludes halogenated alkanes) is 3. The highest BCUT2D eigenvalue weighted by atomic mass is 16.5. The van der Waals surface area contributed by atoms with E-state index in [1.54, 1.807) is 0 Å². The first kappa shape index (κ1) is 25.6. The van der Waals surface area contributed by atoms with Crippen LogP contribution in [0.3, 0.4) is 0 Å². The third-order valence-electron chi connectivity index (χ3n) is 8.79. The monoisotopic (exact) mass is 440 g/mol. The molecule has 1 aromatic rings. The van der Waals surface area contributed by atoms with Crippen molar-refractivity contribution in [2.24, 2.45) is 23.7 Å². The van der Waals surface area contributed by atoms with Crippen LogP contribution >= 0.6 is 0 Å². The molecule has 0 aromatic heterocycles. The minimum atomic E-state index is 0.888. The van der Waals surface area contributed by atoms with Crippen molar-refractivity contribution in [2.75, 3.05) is 6.61 Å². The molecular weight excluding hydrogens is 388 g/mol. The molecule has 3 rings (SSSR count). The fraction of sp³-hybridized carbons (Fsp3) is 0.806. The first-order valence-corrected chi connectivity index (χ1v) is 14.5. The van der Waals surface area contributed by atoms with Crippen molar-refractivity contribution in [3.8, 4) is 5.75 Å². The van der Waals surface area contributed by atoms with Crippen molar-refractivity contribution in [3.05, 3.63) is 29.8 Å². The number of aryl methyl sites for hydroxylation is 1. The van der Waals surface area contributed by atoms with Gasteiger partial charge in [-0.1, -0.05) is 116 Å². The van der Waals surface area contributed by atoms with Gasteiger partial charge in [0.05, 0.1) is 6.61 Å². The molecule has 0 bridgehead atoms. The lowest BCUT2D eigenvalue weighted by molar-refractivity contribution is 0.190. The van der Waals surface area contributed by atoms with Gasteiger partial charge in [0.1, 0.15) is 5.75 Å². The predicted molar refractivity (Wildman–Crippen MR) is 139 cm³/mol. The quantitative estimate of drug-likeness (QED) is 0.261. The van der Waals surface area contributed by atoms with Crippen molar-refractivity contribution in [1.29, 1.82) is 0 Å². The summed E-state index contributed by atoms with van der Waals surface area (Å²) in [5.41, 5.74) is 1.49. The summed E-state index contributed by atoms with van der Waals surface area (Å²) >= 11 is 0. The van der Waals surface area contributed by atoms with E-state index < -0.39 is 0 Å². The number of hydrogen-bond donors (Lipinski definition) is 0. The molecule has 1 heteroatoms. The van der Waals surface area contributed by atoms with E-state index >= 15 is 0 Å². The van der Waals surface area contributed by atoms with Crippen molar-refractivity contribution in [2.45, 2.75) is 129 Å². The Kier molecular flexibility index (Phi) is 12.0. The minimum Gasteiger partial charge on any atom is -0.494 e. The molecule has 0 amide bonds. The van der Waals surface area contributed by atoms with Gasteiger partial charge in [0.2, 0.25) is 0 Å². The first-order valence-electron chi connectivity index (χ1n) is 14.5. The Bertz CT molecular complexity index is 583. The van der Waals surface area contributed by atoms with E-state index in [9.17, 15) is 0 Å². The summed E-state index contributed by atoms with van der Waals surface area (Å²) < 4.78 is 6.12. The van der Waals surface area contributed by atoms with Crippen LogP contribution in [0.2, 0.25) is 0 Å². The van der Waals surface area contributed by atoms with Gasteiger partial charge in [-0.05, 0) is 67.1 Å². The van der Waals surface area contributed by atoms with Crippen molar-refractivity contribution < 1.29 is 4.74 Å². The Hall–Kier alpha value is -0.980. The summed E-state index contributed by atoms with van der Waals surface area (Å²) in [6, 6.07) is 9.03. The maximum atomic E-state index is 6.12. The highest BCUT2D eigenvalue weighted by Crippen LogP contribution is 2.36. The Morgan fingerprint density at radius 3 is 2.00 bits per heavy atom. The minimum absolute atomic E-state index is 0.888. The highest BCUT2D eigenvalue weighted by molar-refractivity contribution is 5.27. The molecule has 32 heavy (non-hydrogen) atoms. The molecule has 182 valence electrons. The van der Waals surface area contributed by atoms with Crippen LogP contribution in [0.5, 0.6) is 5.75 Å². The zero-order valence-electron chi connectivity index (χ0n) is 21.5. The normalized spacial score (nSPS) is 26.2. The Labute approximate surface area is 200 Å². The average molecular weight is 441 g/mol. The molecule has 1 aromatic carbocycles. The SMILES string of the molecule is CCCCCCC1CCCCC1CCCOc1ccc(CCC2CCC(CC)CC2)cc1. The van der Waals surface area contributed by atoms with Gasteiger partial charge in [-0.15, -0.1) is 0 Å². The molecule has 2 unspecified atom stereocenters. The van der Waals surface area contributed by atoms with Crippen LogP contribution in [0.15, 0.2) is 24.3 Å². The van der Waals surface area contributed by atoms with E-state index in [0.29, 0.717) is 0 Å². The molecule has 2 saturated carbocycles. The maximum Gasteiger partial charge on any atom is 0.119 e. The van der Waals surface area contributed by atoms with E-state index in [-0.39, 0.29) is 0 Å². The topological polar surface area (TPSA) is 9.23 Å². The van der Waals surface area contributed by atoms with E-state index in [4.69, 9.17) is 4.74 Å². The summed E-state index contributed by atoms with van der Waals surface area (Å²) in [6.07, 6.45) is 25.5. The van der Waals surface area contributed by atoms with Crippen LogP contribution in [0.1, 0.15) is 129 Å². The number of benzene rings is 1. The molecule has 2 aliphatic carbocycles. The van der Waals surface area contributed by atoms with Crippen molar-refractivity contribution >= 4 is 0 Å². The van der Waals surface area contributed by atoms with E-state index in [1.165, 1.54) is 121 Å². The molecule has 2 atom stereocenters. The van der Waals surface area contributed by atoms with E-state index in [2.05, 4.69) is 38.1 Å². The first-order chi connectivity index (χ1) is 15.8. The van der Waals surface area contributed by atoms with Crippen LogP contribution in [-0.2, 0) is 6.42 Å². The van der Waals surface area contributed by atoms with Crippen molar-refractivity contribution in [1.82, 2.24) is 0 Å². The summed E-state index contributed by atoms with van der Waals surface area (Å²) in [7, 11) is 0. The van der Waals surface area contributed by atoms with Gasteiger partial charge in [0.25, 0.3) is 0 Å². The number of rotatable bonds is 14. The summed E-state index contributed by atoms with van der Waals surface area (Å²) in [4.78, 5) is 0. The van der Waals surface area contributed by atoms with Gasteiger partial charge in [0.15, 0.2) is 0 Å². The van der Waals surface area contributed by atoms with Crippen LogP contribution < -0.4 is 4.74 Å². The van der Waals surface area contributed by atoms with Gasteiger partial charge < -0.3 is 4.74 Å². The molecule has 2 fully saturated rings. The van der Waals surface area contributed by atoms with E-state index in [1.807, 2.05) is 0 Å². The third kappa shape index (κ3) is 9.11. The number of ether oxygens (including phenoxy) is 1. The molecular formula is C31H52O. The van der Waals surface area contributed by atoms with Crippen LogP contribution in [0, 0.1) is 23.7 Å². The zero-order valence-corrected chi connectivity index (χ0v) is 21.5. The van der Waals surface area contributed by atoms with Crippen LogP contribution in [0.4, 0.5) is 0 Å². The van der Waals surface area contributed by atoms with E-state index in [0.717, 1.165) is 36.0 Å². The Morgan fingerprint density at radius 2 is 1.34 bits per heavy atom. The molecule has 0 saturated heterocycles. The lowest BCUT2D eigenvalue weighted by Crippen LogP contribution is -2.20. The molecule has 0 heterocycles. The number of hydrogen-bond acceptors (Lipinski definition) is 1. The molecule has 0 aliphatic heterocycles. The molecule has 2 aliphatic rings. The molecule has 0 N–H and O–H groups in total. The summed E-state index contributed by atoms with van der Waals surface area (Å²) in [5, 5.41) is 0. The zero-order chi connectivity index (χ0) is 22.4. The average Bonchev–Trinajstić information content (AvgIpc) is 2.85. The lowest BCUT2D eigenvalue weighted by atomic mass is 9.74. The maximum absolute atomic E-state index is 6.12. The smallest absolute Gasteiger partial charge is 0.119 e. The van der Waals surface area contributed by atoms with Gasteiger partial charge in [-0.2, -0.15) is 0 Å². The second-order valence-corrected chi connectivity index (χ2v) is 11.1. The molecule has 0 radical (unpaired) electrons. The highest BCUT2D eigenvalue weighted by Gasteiger charge is 2.24. The van der Waals surface area contributed by atoms with Gasteiger partial charge in [0, 0.05) is 0 Å². The predicted octanol–water partition coefficient (Wildman–Crippen LogP) is 9.77. The second kappa shape index (κ2) is 15.0. The second-order valence-electron chi connectivity index (χ2n) is 11.1. The van der Waals surface area contributed by atoms with Crippen LogP contribution in [-0.4, -0.2) is 6.61 Å². The summed E-state index contributed by atoms with van der Waals surface area (Å²) in [5.74, 6) is 5.00. The molecule has 1 nitrogen and oxygen atoms in total. The Balaban J connectivity index is 1.29. The van der Waals surface area contributed by atoms with Crippen molar-refractivity contribution in [3.63, 3.8) is 0 Å². The van der Waals surface area contributed by atoms with Gasteiger partial charge in [-0.25, -0.2) is 0 Å². The fourth-order valence-electron chi connectivity index (χ4n) is 6.46. The summed E-state index contributed by atoms with van der Waals surface area (Å²) in [6.45, 7) is 5.56. The fourth-order valence-corrected chi connectivity index (χ4v) is 6.46.